The van der Waals surface area contributed by atoms with E-state index in [9.17, 15) is 18.5 Å². The molecule has 11 heteroatoms. The van der Waals surface area contributed by atoms with Crippen molar-refractivity contribution in [3.8, 4) is 12.3 Å². The monoisotopic (exact) mass is 534 g/mol. The highest BCUT2D eigenvalue weighted by molar-refractivity contribution is 7.53. The number of amides is 2. The molecule has 1 heterocycles. The molecule has 0 N–H and O–H groups in total. The molecule has 2 aromatic rings. The number of imidazole rings is 1. The minimum atomic E-state index is -3.19. The predicted octanol–water partition coefficient (Wildman–Crippen LogP) is 4.06. The normalized spacial score (nSPS) is 11.2. The maximum atomic E-state index is 14.1. The molecule has 1 aromatic carbocycles. The number of hydrogen-bond acceptors (Lipinski definition) is 6. The van der Waals surface area contributed by atoms with Crippen LogP contribution in [0.15, 0.2) is 24.3 Å². The van der Waals surface area contributed by atoms with Crippen molar-refractivity contribution in [3.05, 3.63) is 47.2 Å². The lowest BCUT2D eigenvalue weighted by Gasteiger charge is -2.20. The second kappa shape index (κ2) is 14.7. The summed E-state index contributed by atoms with van der Waals surface area (Å²) in [6.07, 6.45) is 7.91. The molecule has 0 bridgehead atoms. The summed E-state index contributed by atoms with van der Waals surface area (Å²) >= 11 is 0. The quantitative estimate of drug-likeness (QED) is 0.140. The van der Waals surface area contributed by atoms with Gasteiger partial charge < -0.3 is 18.5 Å². The van der Waals surface area contributed by atoms with Crippen LogP contribution in [0.1, 0.15) is 48.6 Å². The van der Waals surface area contributed by atoms with E-state index in [0.29, 0.717) is 43.5 Å². The van der Waals surface area contributed by atoms with Crippen LogP contribution in [0.5, 0.6) is 0 Å². The summed E-state index contributed by atoms with van der Waals surface area (Å²) in [5.41, 5.74) is 0.743. The van der Waals surface area contributed by atoms with Crippen molar-refractivity contribution in [2.45, 2.75) is 39.5 Å². The largest absolute Gasteiger partial charge is 0.330 e. The molecular formula is C26H36FN4O5P. The van der Waals surface area contributed by atoms with Crippen molar-refractivity contribution in [2.75, 3.05) is 44.4 Å². The van der Waals surface area contributed by atoms with E-state index in [-0.39, 0.29) is 55.7 Å². The fourth-order valence-corrected chi connectivity index (χ4v) is 5.62. The van der Waals surface area contributed by atoms with Crippen LogP contribution in [0.3, 0.4) is 0 Å². The van der Waals surface area contributed by atoms with Crippen molar-refractivity contribution >= 4 is 25.7 Å². The second-order valence-corrected chi connectivity index (χ2v) is 10.6. The highest BCUT2D eigenvalue weighted by Gasteiger charge is 2.28. The number of nitrogens with zero attached hydrogens (tertiary/aromatic N) is 4. The number of rotatable bonds is 16. The first-order chi connectivity index (χ1) is 17.7. The summed E-state index contributed by atoms with van der Waals surface area (Å²) in [5.74, 6) is 2.47. The Kier molecular flexibility index (Phi) is 12.0. The van der Waals surface area contributed by atoms with E-state index < -0.39 is 7.60 Å². The van der Waals surface area contributed by atoms with Crippen LogP contribution in [-0.4, -0.2) is 66.3 Å². The molecule has 2 rings (SSSR count). The molecule has 0 unspecified atom stereocenters. The molecule has 9 nitrogen and oxygen atoms in total. The van der Waals surface area contributed by atoms with Crippen LogP contribution in [-0.2, 0) is 38.3 Å². The van der Waals surface area contributed by atoms with E-state index in [2.05, 4.69) is 10.9 Å². The average Bonchev–Trinajstić information content (AvgIpc) is 3.19. The van der Waals surface area contributed by atoms with E-state index >= 15 is 0 Å². The first-order valence-electron chi connectivity index (χ1n) is 12.3. The number of anilines is 1. The summed E-state index contributed by atoms with van der Waals surface area (Å²) in [6, 6.07) is 6.48. The van der Waals surface area contributed by atoms with Gasteiger partial charge >= 0.3 is 7.60 Å². The number of benzene rings is 1. The van der Waals surface area contributed by atoms with Crippen LogP contribution < -0.4 is 4.90 Å². The standard InChI is InChI=1S/C26H36FN4O5P/c1-6-17-29(4)26(33)24-25(28-23(30(24)5)16-15-21-13-9-10-14-22(21)27)31(20-32)18-11-12-19-37(34,35-7-2)36-8-3/h1,9-10,13-14,20H,7-8,11-12,15-19H2,2-5H3. The zero-order chi connectivity index (χ0) is 27.4. The van der Waals surface area contributed by atoms with Crippen molar-refractivity contribution in [3.63, 3.8) is 0 Å². The molecule has 0 aliphatic rings. The zero-order valence-corrected chi connectivity index (χ0v) is 22.9. The summed E-state index contributed by atoms with van der Waals surface area (Å²) in [7, 11) is 0.0710. The molecule has 0 aliphatic carbocycles. The number of carbonyl (C=O) groups is 2. The first-order valence-corrected chi connectivity index (χ1v) is 14.0. The molecule has 0 fully saturated rings. The number of halogens is 1. The van der Waals surface area contributed by atoms with Gasteiger partial charge in [0.2, 0.25) is 6.41 Å². The van der Waals surface area contributed by atoms with E-state index in [4.69, 9.17) is 15.5 Å². The smallest absolute Gasteiger partial charge is 0.329 e. The predicted molar refractivity (Wildman–Crippen MR) is 141 cm³/mol. The number of unbranched alkanes of at least 4 members (excludes halogenated alkanes) is 1. The third kappa shape index (κ3) is 8.26. The van der Waals surface area contributed by atoms with Gasteiger partial charge in [0.15, 0.2) is 11.5 Å². The number of terminal acetylenes is 1. The average molecular weight is 535 g/mol. The van der Waals surface area contributed by atoms with Gasteiger partial charge in [0.1, 0.15) is 11.6 Å². The van der Waals surface area contributed by atoms with Crippen molar-refractivity contribution in [2.24, 2.45) is 7.05 Å². The minimum Gasteiger partial charge on any atom is -0.329 e. The summed E-state index contributed by atoms with van der Waals surface area (Å²) in [6.45, 7) is 4.38. The van der Waals surface area contributed by atoms with Crippen molar-refractivity contribution in [1.82, 2.24) is 14.5 Å². The Bertz CT molecular complexity index is 1140. The lowest BCUT2D eigenvalue weighted by molar-refractivity contribution is -0.107. The van der Waals surface area contributed by atoms with Crippen molar-refractivity contribution < 1.29 is 27.6 Å². The van der Waals surface area contributed by atoms with Gasteiger partial charge in [-0.25, -0.2) is 9.37 Å². The summed E-state index contributed by atoms with van der Waals surface area (Å²) in [4.78, 5) is 32.7. The Morgan fingerprint density at radius 2 is 1.89 bits per heavy atom. The Morgan fingerprint density at radius 3 is 2.49 bits per heavy atom. The van der Waals surface area contributed by atoms with Gasteiger partial charge in [-0.3, -0.25) is 19.1 Å². The molecule has 1 aromatic heterocycles. The fraction of sp³-hybridized carbons (Fsp3) is 0.500. The Labute approximate surface area is 218 Å². The Morgan fingerprint density at radius 1 is 1.22 bits per heavy atom. The van der Waals surface area contributed by atoms with Crippen molar-refractivity contribution in [1.29, 1.82) is 0 Å². The zero-order valence-electron chi connectivity index (χ0n) is 22.0. The number of carbonyl (C=O) groups excluding carboxylic acids is 2. The van der Waals surface area contributed by atoms with Gasteiger partial charge in [0.05, 0.1) is 25.9 Å². The molecule has 0 saturated carbocycles. The molecule has 37 heavy (non-hydrogen) atoms. The minimum absolute atomic E-state index is 0.0826. The number of hydrogen-bond donors (Lipinski definition) is 0. The maximum absolute atomic E-state index is 14.1. The third-order valence-corrected chi connectivity index (χ3v) is 7.92. The Balaban J connectivity index is 2.27. The lowest BCUT2D eigenvalue weighted by Crippen LogP contribution is -2.32. The molecule has 202 valence electrons. The maximum Gasteiger partial charge on any atom is 0.330 e. The van der Waals surface area contributed by atoms with Gasteiger partial charge in [-0.05, 0) is 44.7 Å². The van der Waals surface area contributed by atoms with Gasteiger partial charge in [-0.2, -0.15) is 0 Å². The molecule has 2 amide bonds. The molecule has 0 atom stereocenters. The van der Waals surface area contributed by atoms with Gasteiger partial charge in [0.25, 0.3) is 5.91 Å². The van der Waals surface area contributed by atoms with E-state index in [1.807, 2.05) is 0 Å². The van der Waals surface area contributed by atoms with Crippen LogP contribution in [0, 0.1) is 18.2 Å². The second-order valence-electron chi connectivity index (χ2n) is 8.39. The van der Waals surface area contributed by atoms with Gasteiger partial charge in [-0.15, -0.1) is 6.42 Å². The molecule has 0 aliphatic heterocycles. The summed E-state index contributed by atoms with van der Waals surface area (Å²) < 4.78 is 39.1. The Hall–Kier alpha value is -2.99. The summed E-state index contributed by atoms with van der Waals surface area (Å²) in [5, 5.41) is 0. The van der Waals surface area contributed by atoms with Gasteiger partial charge in [0, 0.05) is 27.1 Å². The SMILES string of the molecule is C#CCN(C)C(=O)c1c(N(C=O)CCCCP(=O)(OCC)OCC)nc(CCc2ccccc2F)n1C. The van der Waals surface area contributed by atoms with Gasteiger partial charge in [-0.1, -0.05) is 24.1 Å². The molecular weight excluding hydrogens is 498 g/mol. The highest BCUT2D eigenvalue weighted by Crippen LogP contribution is 2.48. The van der Waals surface area contributed by atoms with Crippen LogP contribution >= 0.6 is 7.60 Å². The third-order valence-electron chi connectivity index (χ3n) is 5.75. The topological polar surface area (TPSA) is 94.0 Å². The number of aromatic nitrogens is 2. The highest BCUT2D eigenvalue weighted by atomic mass is 31.2. The first kappa shape index (κ1) is 30.2. The van der Waals surface area contributed by atoms with Crippen LogP contribution in [0.4, 0.5) is 10.2 Å². The fourth-order valence-electron chi connectivity index (χ4n) is 3.89. The number of aryl methyl sites for hydroxylation is 2. The van der Waals surface area contributed by atoms with Crippen LogP contribution in [0.2, 0.25) is 0 Å². The lowest BCUT2D eigenvalue weighted by atomic mass is 10.1. The molecule has 0 saturated heterocycles. The molecule has 0 spiro atoms. The van der Waals surface area contributed by atoms with E-state index in [1.54, 1.807) is 50.7 Å². The van der Waals surface area contributed by atoms with E-state index in [1.165, 1.54) is 15.9 Å². The molecule has 0 radical (unpaired) electrons. The van der Waals surface area contributed by atoms with Crippen LogP contribution in [0.25, 0.3) is 0 Å². The van der Waals surface area contributed by atoms with E-state index in [0.717, 1.165) is 0 Å².